The zero-order valence-electron chi connectivity index (χ0n) is 9.96. The lowest BCUT2D eigenvalue weighted by Gasteiger charge is -2.46. The Morgan fingerprint density at radius 3 is 2.14 bits per heavy atom. The minimum atomic E-state index is -0.205. The molecule has 1 fully saturated rings. The summed E-state index contributed by atoms with van der Waals surface area (Å²) in [4.78, 5) is 11.7. The molecule has 1 aliphatic heterocycles. The molecule has 1 saturated heterocycles. The highest BCUT2D eigenvalue weighted by Crippen LogP contribution is 2.42. The van der Waals surface area contributed by atoms with Gasteiger partial charge in [-0.1, -0.05) is 34.6 Å². The third kappa shape index (κ3) is 1.55. The van der Waals surface area contributed by atoms with E-state index in [0.717, 1.165) is 12.8 Å². The average molecular weight is 198 g/mol. The van der Waals surface area contributed by atoms with Gasteiger partial charge in [0.25, 0.3) is 0 Å². The molecular weight excluding hydrogens is 176 g/mol. The van der Waals surface area contributed by atoms with Gasteiger partial charge in [0.1, 0.15) is 5.60 Å². The van der Waals surface area contributed by atoms with E-state index in [1.54, 1.807) is 0 Å². The van der Waals surface area contributed by atoms with E-state index in [1.807, 2.05) is 6.92 Å². The van der Waals surface area contributed by atoms with Crippen LogP contribution in [0.5, 0.6) is 0 Å². The molecule has 0 aliphatic carbocycles. The van der Waals surface area contributed by atoms with Gasteiger partial charge in [0.15, 0.2) is 0 Å². The number of esters is 1. The predicted molar refractivity (Wildman–Crippen MR) is 56.9 cm³/mol. The monoisotopic (exact) mass is 198 g/mol. The zero-order valence-corrected chi connectivity index (χ0v) is 9.96. The molecule has 2 heteroatoms. The Morgan fingerprint density at radius 1 is 1.21 bits per heavy atom. The minimum absolute atomic E-state index is 0.0145. The van der Waals surface area contributed by atoms with Crippen molar-refractivity contribution in [3.05, 3.63) is 0 Å². The summed E-state index contributed by atoms with van der Waals surface area (Å²) in [5, 5.41) is 0. The number of rotatable bonds is 2. The molecule has 82 valence electrons. The third-order valence-corrected chi connectivity index (χ3v) is 4.28. The maximum absolute atomic E-state index is 11.7. The van der Waals surface area contributed by atoms with Crippen LogP contribution >= 0.6 is 0 Å². The fraction of sp³-hybridized carbons (Fsp3) is 0.917. The molecule has 0 unspecified atom stereocenters. The van der Waals surface area contributed by atoms with E-state index in [2.05, 4.69) is 27.7 Å². The second kappa shape index (κ2) is 3.92. The van der Waals surface area contributed by atoms with Crippen LogP contribution in [-0.2, 0) is 9.53 Å². The standard InChI is InChI=1S/C12H22O2/c1-6-12(7-2)10(5)8(3)9(4)11(13)14-12/h8-10H,6-7H2,1-5H3/t8-,9-,10+/m1/s1. The van der Waals surface area contributed by atoms with Crippen LogP contribution in [0.1, 0.15) is 47.5 Å². The summed E-state index contributed by atoms with van der Waals surface area (Å²) in [7, 11) is 0. The summed E-state index contributed by atoms with van der Waals surface area (Å²) < 4.78 is 5.63. The lowest BCUT2D eigenvalue weighted by molar-refractivity contribution is -0.192. The Balaban J connectivity index is 2.94. The van der Waals surface area contributed by atoms with Crippen LogP contribution in [0.25, 0.3) is 0 Å². The lowest BCUT2D eigenvalue weighted by Crippen LogP contribution is -2.51. The zero-order chi connectivity index (χ0) is 10.9. The van der Waals surface area contributed by atoms with Crippen LogP contribution in [0.3, 0.4) is 0 Å². The van der Waals surface area contributed by atoms with Gasteiger partial charge < -0.3 is 4.74 Å². The molecule has 1 aliphatic rings. The van der Waals surface area contributed by atoms with Crippen LogP contribution in [0.4, 0.5) is 0 Å². The SMILES string of the molecule is CCC1(CC)OC(=O)[C@H](C)[C@@H](C)[C@@H]1C. The smallest absolute Gasteiger partial charge is 0.309 e. The van der Waals surface area contributed by atoms with Crippen molar-refractivity contribution in [2.45, 2.75) is 53.1 Å². The molecule has 0 bridgehead atoms. The van der Waals surface area contributed by atoms with Crippen molar-refractivity contribution >= 4 is 5.97 Å². The molecule has 0 N–H and O–H groups in total. The van der Waals surface area contributed by atoms with Crippen molar-refractivity contribution < 1.29 is 9.53 Å². The van der Waals surface area contributed by atoms with E-state index in [4.69, 9.17) is 4.74 Å². The molecular formula is C12H22O2. The van der Waals surface area contributed by atoms with Gasteiger partial charge in [-0.25, -0.2) is 0 Å². The number of carbonyl (C=O) groups excluding carboxylic acids is 1. The van der Waals surface area contributed by atoms with E-state index in [9.17, 15) is 4.79 Å². The molecule has 0 spiro atoms. The van der Waals surface area contributed by atoms with Gasteiger partial charge in [-0.2, -0.15) is 0 Å². The summed E-state index contributed by atoms with van der Waals surface area (Å²) in [6.45, 7) is 10.6. The quantitative estimate of drug-likeness (QED) is 0.637. The van der Waals surface area contributed by atoms with Gasteiger partial charge in [-0.05, 0) is 24.7 Å². The van der Waals surface area contributed by atoms with Gasteiger partial charge in [0.05, 0.1) is 5.92 Å². The summed E-state index contributed by atoms with van der Waals surface area (Å²) in [5.41, 5.74) is -0.205. The Labute approximate surface area is 87.0 Å². The molecule has 0 radical (unpaired) electrons. The van der Waals surface area contributed by atoms with E-state index >= 15 is 0 Å². The molecule has 14 heavy (non-hydrogen) atoms. The summed E-state index contributed by atoms with van der Waals surface area (Å²) in [5.74, 6) is 0.928. The van der Waals surface area contributed by atoms with E-state index in [1.165, 1.54) is 0 Å². The summed E-state index contributed by atoms with van der Waals surface area (Å²) in [6, 6.07) is 0. The van der Waals surface area contributed by atoms with E-state index in [0.29, 0.717) is 11.8 Å². The molecule has 1 rings (SSSR count). The maximum Gasteiger partial charge on any atom is 0.309 e. The summed E-state index contributed by atoms with van der Waals surface area (Å²) in [6.07, 6.45) is 1.85. The van der Waals surface area contributed by atoms with Crippen molar-refractivity contribution in [3.63, 3.8) is 0 Å². The van der Waals surface area contributed by atoms with Crippen molar-refractivity contribution in [1.29, 1.82) is 0 Å². The number of ether oxygens (including phenoxy) is 1. The van der Waals surface area contributed by atoms with Gasteiger partial charge in [0, 0.05) is 0 Å². The molecule has 0 aromatic carbocycles. The second-order valence-electron chi connectivity index (χ2n) is 4.63. The molecule has 3 atom stereocenters. The number of cyclic esters (lactones) is 1. The second-order valence-corrected chi connectivity index (χ2v) is 4.63. The molecule has 0 aromatic heterocycles. The average Bonchev–Trinajstić information content (AvgIpc) is 2.21. The van der Waals surface area contributed by atoms with Crippen LogP contribution in [0.15, 0.2) is 0 Å². The van der Waals surface area contributed by atoms with Gasteiger partial charge >= 0.3 is 5.97 Å². The number of hydrogen-bond acceptors (Lipinski definition) is 2. The Hall–Kier alpha value is -0.530. The largest absolute Gasteiger partial charge is 0.459 e. The summed E-state index contributed by atoms with van der Waals surface area (Å²) >= 11 is 0. The fourth-order valence-electron chi connectivity index (χ4n) is 2.55. The third-order valence-electron chi connectivity index (χ3n) is 4.28. The Bertz CT molecular complexity index is 218. The molecule has 0 saturated carbocycles. The molecule has 0 amide bonds. The lowest BCUT2D eigenvalue weighted by atomic mass is 9.70. The first-order valence-electron chi connectivity index (χ1n) is 5.71. The number of carbonyl (C=O) groups is 1. The van der Waals surface area contributed by atoms with Crippen LogP contribution < -0.4 is 0 Å². The van der Waals surface area contributed by atoms with Crippen molar-refractivity contribution in [2.75, 3.05) is 0 Å². The van der Waals surface area contributed by atoms with Crippen LogP contribution in [0, 0.1) is 17.8 Å². The minimum Gasteiger partial charge on any atom is -0.459 e. The van der Waals surface area contributed by atoms with E-state index < -0.39 is 0 Å². The Morgan fingerprint density at radius 2 is 1.71 bits per heavy atom. The topological polar surface area (TPSA) is 26.3 Å². The van der Waals surface area contributed by atoms with Crippen molar-refractivity contribution in [2.24, 2.45) is 17.8 Å². The first-order valence-corrected chi connectivity index (χ1v) is 5.71. The van der Waals surface area contributed by atoms with Gasteiger partial charge in [-0.15, -0.1) is 0 Å². The van der Waals surface area contributed by atoms with Crippen molar-refractivity contribution in [1.82, 2.24) is 0 Å². The molecule has 2 nitrogen and oxygen atoms in total. The first kappa shape index (κ1) is 11.5. The van der Waals surface area contributed by atoms with Crippen molar-refractivity contribution in [3.8, 4) is 0 Å². The highest BCUT2D eigenvalue weighted by atomic mass is 16.6. The van der Waals surface area contributed by atoms with Gasteiger partial charge in [0.2, 0.25) is 0 Å². The maximum atomic E-state index is 11.7. The van der Waals surface area contributed by atoms with E-state index in [-0.39, 0.29) is 17.5 Å². The van der Waals surface area contributed by atoms with Crippen LogP contribution in [-0.4, -0.2) is 11.6 Å². The normalized spacial score (nSPS) is 36.6. The Kier molecular flexibility index (Phi) is 3.23. The number of hydrogen-bond donors (Lipinski definition) is 0. The first-order chi connectivity index (χ1) is 6.48. The highest BCUT2D eigenvalue weighted by molar-refractivity contribution is 5.73. The highest BCUT2D eigenvalue weighted by Gasteiger charge is 2.47. The van der Waals surface area contributed by atoms with Crippen LogP contribution in [0.2, 0.25) is 0 Å². The predicted octanol–water partition coefficient (Wildman–Crippen LogP) is 3.01. The fourth-order valence-corrected chi connectivity index (χ4v) is 2.55. The van der Waals surface area contributed by atoms with Gasteiger partial charge in [-0.3, -0.25) is 4.79 Å². The molecule has 1 heterocycles. The molecule has 0 aromatic rings.